The van der Waals surface area contributed by atoms with E-state index < -0.39 is 11.7 Å². The number of aliphatic hydroxyl groups excluding tert-OH is 1. The first-order valence-electron chi connectivity index (χ1n) is 5.26. The first-order valence-corrected chi connectivity index (χ1v) is 5.63. The van der Waals surface area contributed by atoms with Crippen LogP contribution in [0.3, 0.4) is 0 Å². The zero-order chi connectivity index (χ0) is 12.3. The number of aromatic nitrogens is 1. The van der Waals surface area contributed by atoms with Gasteiger partial charge >= 0.3 is 0 Å². The van der Waals surface area contributed by atoms with Crippen LogP contribution in [0.15, 0.2) is 12.3 Å². The lowest BCUT2D eigenvalue weighted by Crippen LogP contribution is -2.35. The summed E-state index contributed by atoms with van der Waals surface area (Å²) in [4.78, 5) is 3.86. The highest BCUT2D eigenvalue weighted by Gasteiger charge is 2.34. The Morgan fingerprint density at radius 1 is 1.50 bits per heavy atom. The number of hydrogen-bond donors (Lipinski definition) is 3. The van der Waals surface area contributed by atoms with Gasteiger partial charge < -0.3 is 15.9 Å². The number of anilines is 1. The molecule has 16 heavy (non-hydrogen) atoms. The highest BCUT2D eigenvalue weighted by Crippen LogP contribution is 2.34. The van der Waals surface area contributed by atoms with Crippen molar-refractivity contribution in [1.82, 2.24) is 4.98 Å². The zero-order valence-corrected chi connectivity index (χ0v) is 10.2. The Morgan fingerprint density at radius 2 is 2.06 bits per heavy atom. The maximum Gasteiger partial charge on any atom is 0.129 e. The molecule has 0 fully saturated rings. The van der Waals surface area contributed by atoms with Gasteiger partial charge in [-0.2, -0.15) is 0 Å². The lowest BCUT2D eigenvalue weighted by Gasteiger charge is -2.31. The van der Waals surface area contributed by atoms with Crippen LogP contribution < -0.4 is 5.73 Å². The van der Waals surface area contributed by atoms with Gasteiger partial charge in [0.1, 0.15) is 11.9 Å². The monoisotopic (exact) mass is 244 g/mol. The van der Waals surface area contributed by atoms with Crippen molar-refractivity contribution in [3.05, 3.63) is 22.8 Å². The molecule has 0 bridgehead atoms. The summed E-state index contributed by atoms with van der Waals surface area (Å²) in [6.45, 7) is 3.61. The molecule has 1 aromatic rings. The van der Waals surface area contributed by atoms with E-state index in [1.807, 2.05) is 0 Å². The second kappa shape index (κ2) is 4.99. The van der Waals surface area contributed by atoms with Crippen LogP contribution in [0.5, 0.6) is 0 Å². The molecule has 1 atom stereocenters. The summed E-state index contributed by atoms with van der Waals surface area (Å²) in [5.74, 6) is 0.192. The van der Waals surface area contributed by atoms with Gasteiger partial charge in [0.25, 0.3) is 0 Å². The molecule has 1 unspecified atom stereocenters. The molecule has 1 heterocycles. The minimum Gasteiger partial charge on any atom is -0.387 e. The summed E-state index contributed by atoms with van der Waals surface area (Å²) < 4.78 is 0. The van der Waals surface area contributed by atoms with E-state index in [1.54, 1.807) is 13.8 Å². The Kier molecular flexibility index (Phi) is 4.13. The first-order chi connectivity index (χ1) is 7.44. The van der Waals surface area contributed by atoms with Gasteiger partial charge in [-0.3, -0.25) is 0 Å². The number of pyridine rings is 1. The Hall–Kier alpha value is -0.840. The number of hydrogen-bond acceptors (Lipinski definition) is 4. The number of nitrogen functional groups attached to an aromatic ring is 1. The van der Waals surface area contributed by atoms with Gasteiger partial charge in [0.15, 0.2) is 0 Å². The van der Waals surface area contributed by atoms with Crippen LogP contribution in [0, 0.1) is 0 Å². The van der Waals surface area contributed by atoms with Crippen molar-refractivity contribution in [1.29, 1.82) is 0 Å². The van der Waals surface area contributed by atoms with E-state index in [0.29, 0.717) is 23.4 Å². The molecule has 0 aliphatic rings. The molecule has 0 aliphatic heterocycles. The minimum absolute atomic E-state index is 0.192. The van der Waals surface area contributed by atoms with E-state index in [2.05, 4.69) is 4.98 Å². The molecule has 4 nitrogen and oxygen atoms in total. The maximum atomic E-state index is 10.2. The molecule has 0 saturated heterocycles. The number of halogens is 1. The summed E-state index contributed by atoms with van der Waals surface area (Å²) in [7, 11) is 0. The van der Waals surface area contributed by atoms with Gasteiger partial charge in [-0.15, -0.1) is 0 Å². The summed E-state index contributed by atoms with van der Waals surface area (Å²) >= 11 is 5.79. The zero-order valence-electron chi connectivity index (χ0n) is 9.44. The topological polar surface area (TPSA) is 79.4 Å². The van der Waals surface area contributed by atoms with Crippen LogP contribution in [0.25, 0.3) is 0 Å². The van der Waals surface area contributed by atoms with Crippen LogP contribution >= 0.6 is 11.6 Å². The smallest absolute Gasteiger partial charge is 0.129 e. The highest BCUT2D eigenvalue weighted by atomic mass is 35.5. The number of rotatable bonds is 4. The van der Waals surface area contributed by atoms with Crippen molar-refractivity contribution in [2.75, 3.05) is 5.73 Å². The van der Waals surface area contributed by atoms with Crippen LogP contribution in [0.4, 0.5) is 5.82 Å². The molecule has 0 amide bonds. The van der Waals surface area contributed by atoms with Gasteiger partial charge in [-0.05, 0) is 18.9 Å². The molecule has 1 rings (SSSR count). The molecule has 1 aromatic heterocycles. The molecule has 90 valence electrons. The predicted octanol–water partition coefficient (Wildman–Crippen LogP) is 1.90. The van der Waals surface area contributed by atoms with Crippen molar-refractivity contribution in [2.24, 2.45) is 0 Å². The van der Waals surface area contributed by atoms with Crippen LogP contribution in [0.1, 0.15) is 38.4 Å². The molecule has 4 N–H and O–H groups in total. The van der Waals surface area contributed by atoms with Gasteiger partial charge in [-0.1, -0.05) is 25.4 Å². The maximum absolute atomic E-state index is 10.2. The second-order valence-electron chi connectivity index (χ2n) is 3.84. The standard InChI is InChI=1S/C11H17ClN2O2/c1-3-11(16,4-2)9(15)8-5-7(12)6-14-10(8)13/h5-6,9,15-16H,3-4H2,1-2H3,(H2,13,14). The molecule has 5 heteroatoms. The molecule has 0 radical (unpaired) electrons. The predicted molar refractivity (Wildman–Crippen MR) is 64.2 cm³/mol. The second-order valence-corrected chi connectivity index (χ2v) is 4.28. The van der Waals surface area contributed by atoms with Crippen molar-refractivity contribution >= 4 is 17.4 Å². The van der Waals surface area contributed by atoms with E-state index in [4.69, 9.17) is 17.3 Å². The molecule has 0 spiro atoms. The molecular formula is C11H17ClN2O2. The van der Waals surface area contributed by atoms with Crippen molar-refractivity contribution < 1.29 is 10.2 Å². The average Bonchev–Trinajstić information content (AvgIpc) is 2.30. The Labute approximate surface area is 100 Å². The third-order valence-corrected chi connectivity index (χ3v) is 3.15. The lowest BCUT2D eigenvalue weighted by atomic mass is 9.86. The summed E-state index contributed by atoms with van der Waals surface area (Å²) in [5, 5.41) is 20.7. The fourth-order valence-electron chi connectivity index (χ4n) is 1.61. The highest BCUT2D eigenvalue weighted by molar-refractivity contribution is 6.30. The molecule has 0 saturated carbocycles. The van der Waals surface area contributed by atoms with E-state index in [0.717, 1.165) is 0 Å². The largest absolute Gasteiger partial charge is 0.387 e. The SMILES string of the molecule is CCC(O)(CC)C(O)c1cc(Cl)cnc1N. The fourth-order valence-corrected chi connectivity index (χ4v) is 1.78. The van der Waals surface area contributed by atoms with E-state index >= 15 is 0 Å². The first kappa shape index (κ1) is 13.2. The average molecular weight is 245 g/mol. The number of nitrogens with two attached hydrogens (primary N) is 1. The Morgan fingerprint density at radius 3 is 2.56 bits per heavy atom. The van der Waals surface area contributed by atoms with Crippen LogP contribution in [-0.2, 0) is 0 Å². The van der Waals surface area contributed by atoms with Gasteiger partial charge in [0.2, 0.25) is 0 Å². The van der Waals surface area contributed by atoms with Gasteiger partial charge in [-0.25, -0.2) is 4.98 Å². The van der Waals surface area contributed by atoms with Crippen molar-refractivity contribution in [2.45, 2.75) is 38.4 Å². The van der Waals surface area contributed by atoms with Crippen molar-refractivity contribution in [3.8, 4) is 0 Å². The Bertz CT molecular complexity index is 367. The van der Waals surface area contributed by atoms with Crippen molar-refractivity contribution in [3.63, 3.8) is 0 Å². The third kappa shape index (κ3) is 2.45. The molecular weight excluding hydrogens is 228 g/mol. The quantitative estimate of drug-likeness (QED) is 0.756. The third-order valence-electron chi connectivity index (χ3n) is 2.94. The number of aliphatic hydroxyl groups is 2. The van der Waals surface area contributed by atoms with Gasteiger partial charge in [0, 0.05) is 11.8 Å². The summed E-state index contributed by atoms with van der Waals surface area (Å²) in [6.07, 6.45) is 1.19. The Balaban J connectivity index is 3.12. The van der Waals surface area contributed by atoms with E-state index in [9.17, 15) is 10.2 Å². The molecule has 0 aliphatic carbocycles. The van der Waals surface area contributed by atoms with E-state index in [1.165, 1.54) is 12.3 Å². The van der Waals surface area contributed by atoms with Crippen LogP contribution in [0.2, 0.25) is 5.02 Å². The summed E-state index contributed by atoms with van der Waals surface area (Å²) in [6, 6.07) is 1.53. The number of nitrogens with zero attached hydrogens (tertiary/aromatic N) is 1. The minimum atomic E-state index is -1.19. The lowest BCUT2D eigenvalue weighted by molar-refractivity contribution is -0.0818. The van der Waals surface area contributed by atoms with Gasteiger partial charge in [0.05, 0.1) is 10.6 Å². The van der Waals surface area contributed by atoms with E-state index in [-0.39, 0.29) is 5.82 Å². The summed E-state index contributed by atoms with van der Waals surface area (Å²) in [5.41, 5.74) is 4.84. The van der Waals surface area contributed by atoms with Crippen LogP contribution in [-0.4, -0.2) is 20.8 Å². The molecule has 0 aromatic carbocycles. The fraction of sp³-hybridized carbons (Fsp3) is 0.545. The normalized spacial score (nSPS) is 13.8.